The van der Waals surface area contributed by atoms with E-state index in [0.717, 1.165) is 55.8 Å². The van der Waals surface area contributed by atoms with Crippen LogP contribution in [-0.4, -0.2) is 25.7 Å². The molecule has 3 aromatic rings. The predicted molar refractivity (Wildman–Crippen MR) is 101 cm³/mol. The molecule has 6 nitrogen and oxygen atoms in total. The van der Waals surface area contributed by atoms with Crippen molar-refractivity contribution in [3.63, 3.8) is 0 Å². The summed E-state index contributed by atoms with van der Waals surface area (Å²) < 4.78 is 1.96. The zero-order valence-corrected chi connectivity index (χ0v) is 15.2. The first-order valence-corrected chi connectivity index (χ1v) is 9.52. The molecule has 0 saturated carbocycles. The summed E-state index contributed by atoms with van der Waals surface area (Å²) in [7, 11) is 0. The van der Waals surface area contributed by atoms with E-state index in [9.17, 15) is 4.79 Å². The number of H-pyrrole nitrogens is 1. The van der Waals surface area contributed by atoms with Gasteiger partial charge in [0.05, 0.1) is 6.04 Å². The normalized spacial score (nSPS) is 16.6. The van der Waals surface area contributed by atoms with Gasteiger partial charge in [0.25, 0.3) is 0 Å². The summed E-state index contributed by atoms with van der Waals surface area (Å²) in [5.41, 5.74) is 2.43. The summed E-state index contributed by atoms with van der Waals surface area (Å²) in [4.78, 5) is 20.3. The number of aryl methyl sites for hydroxylation is 3. The summed E-state index contributed by atoms with van der Waals surface area (Å²) in [6.07, 6.45) is 7.12. The lowest BCUT2D eigenvalue weighted by Gasteiger charge is -2.23. The Bertz CT molecular complexity index is 910. The van der Waals surface area contributed by atoms with E-state index in [1.165, 1.54) is 10.9 Å². The molecule has 1 amide bonds. The fourth-order valence-electron chi connectivity index (χ4n) is 3.73. The van der Waals surface area contributed by atoms with Gasteiger partial charge in [-0.15, -0.1) is 0 Å². The van der Waals surface area contributed by atoms with Crippen LogP contribution in [0.25, 0.3) is 10.9 Å². The quantitative estimate of drug-likeness (QED) is 0.715. The molecule has 0 saturated heterocycles. The molecule has 2 N–H and O–H groups in total. The van der Waals surface area contributed by atoms with E-state index >= 15 is 0 Å². The standard InChI is InChI=1S/C20H25N5O/c1-2-18-23-20-17(10-6-12-25(20)24-18)22-19(26)11-5-7-14-13-21-16-9-4-3-8-15(14)16/h3-4,8-9,13,17,21H,2,5-7,10-12H2,1H3,(H,22,26). The van der Waals surface area contributed by atoms with Crippen LogP contribution in [0.4, 0.5) is 0 Å². The first kappa shape index (κ1) is 16.8. The van der Waals surface area contributed by atoms with Crippen molar-refractivity contribution in [1.82, 2.24) is 25.1 Å². The molecule has 0 spiro atoms. The second-order valence-electron chi connectivity index (χ2n) is 6.94. The van der Waals surface area contributed by atoms with Crippen LogP contribution in [0, 0.1) is 0 Å². The number of aromatic amines is 1. The van der Waals surface area contributed by atoms with Crippen molar-refractivity contribution >= 4 is 16.8 Å². The van der Waals surface area contributed by atoms with Gasteiger partial charge in [-0.2, -0.15) is 5.10 Å². The number of hydrogen-bond acceptors (Lipinski definition) is 3. The molecule has 1 unspecified atom stereocenters. The third-order valence-corrected chi connectivity index (χ3v) is 5.09. The van der Waals surface area contributed by atoms with E-state index in [4.69, 9.17) is 0 Å². The predicted octanol–water partition coefficient (Wildman–Crippen LogP) is 3.30. The third-order valence-electron chi connectivity index (χ3n) is 5.09. The van der Waals surface area contributed by atoms with Crippen LogP contribution in [-0.2, 0) is 24.2 Å². The molecule has 136 valence electrons. The van der Waals surface area contributed by atoms with Gasteiger partial charge < -0.3 is 10.3 Å². The van der Waals surface area contributed by atoms with Gasteiger partial charge in [0.15, 0.2) is 5.82 Å². The summed E-state index contributed by atoms with van der Waals surface area (Å²) in [5, 5.41) is 8.91. The fourth-order valence-corrected chi connectivity index (χ4v) is 3.73. The fraction of sp³-hybridized carbons (Fsp3) is 0.450. The lowest BCUT2D eigenvalue weighted by molar-refractivity contribution is -0.122. The summed E-state index contributed by atoms with van der Waals surface area (Å²) in [6.45, 7) is 2.95. The Labute approximate surface area is 153 Å². The Morgan fingerprint density at radius 3 is 3.15 bits per heavy atom. The average Bonchev–Trinajstić information content (AvgIpc) is 3.26. The zero-order chi connectivity index (χ0) is 17.9. The minimum Gasteiger partial charge on any atom is -0.361 e. The molecular formula is C20H25N5O. The van der Waals surface area contributed by atoms with Crippen LogP contribution in [0.5, 0.6) is 0 Å². The second kappa shape index (κ2) is 7.32. The number of amides is 1. The molecule has 3 heterocycles. The first-order chi connectivity index (χ1) is 12.7. The van der Waals surface area contributed by atoms with Crippen LogP contribution in [0.1, 0.15) is 55.9 Å². The maximum Gasteiger partial charge on any atom is 0.220 e. The topological polar surface area (TPSA) is 75.6 Å². The van der Waals surface area contributed by atoms with E-state index in [1.807, 2.05) is 10.7 Å². The van der Waals surface area contributed by atoms with Crippen molar-refractivity contribution < 1.29 is 4.79 Å². The van der Waals surface area contributed by atoms with Crippen LogP contribution >= 0.6 is 0 Å². The zero-order valence-electron chi connectivity index (χ0n) is 15.2. The number of benzene rings is 1. The van der Waals surface area contributed by atoms with E-state index in [0.29, 0.717) is 6.42 Å². The maximum atomic E-state index is 12.4. The van der Waals surface area contributed by atoms with Crippen LogP contribution in [0.3, 0.4) is 0 Å². The minimum atomic E-state index is -0.00265. The first-order valence-electron chi connectivity index (χ1n) is 9.52. The summed E-state index contributed by atoms with van der Waals surface area (Å²) >= 11 is 0. The van der Waals surface area contributed by atoms with Gasteiger partial charge in [0, 0.05) is 36.5 Å². The monoisotopic (exact) mass is 351 g/mol. The molecule has 6 heteroatoms. The Morgan fingerprint density at radius 1 is 1.38 bits per heavy atom. The number of aromatic nitrogens is 4. The molecule has 1 aromatic carbocycles. The Kier molecular flexibility index (Phi) is 4.73. The van der Waals surface area contributed by atoms with E-state index in [2.05, 4.69) is 51.7 Å². The molecule has 0 radical (unpaired) electrons. The molecule has 26 heavy (non-hydrogen) atoms. The van der Waals surface area contributed by atoms with E-state index in [-0.39, 0.29) is 11.9 Å². The number of carbonyl (C=O) groups is 1. The number of rotatable bonds is 6. The van der Waals surface area contributed by atoms with Gasteiger partial charge in [0.1, 0.15) is 5.82 Å². The Morgan fingerprint density at radius 2 is 2.27 bits per heavy atom. The number of nitrogens with one attached hydrogen (secondary N) is 2. The number of carbonyl (C=O) groups excluding carboxylic acids is 1. The van der Waals surface area contributed by atoms with Crippen molar-refractivity contribution in [3.05, 3.63) is 47.7 Å². The minimum absolute atomic E-state index is 0.00265. The van der Waals surface area contributed by atoms with Gasteiger partial charge in [-0.25, -0.2) is 9.67 Å². The molecule has 0 fully saturated rings. The van der Waals surface area contributed by atoms with Crippen molar-refractivity contribution in [2.24, 2.45) is 0 Å². The number of nitrogens with zero attached hydrogens (tertiary/aromatic N) is 3. The average molecular weight is 351 g/mol. The van der Waals surface area contributed by atoms with Gasteiger partial charge in [-0.05, 0) is 37.3 Å². The van der Waals surface area contributed by atoms with Crippen molar-refractivity contribution in [2.45, 2.75) is 58.0 Å². The van der Waals surface area contributed by atoms with Crippen molar-refractivity contribution in [1.29, 1.82) is 0 Å². The highest BCUT2D eigenvalue weighted by molar-refractivity contribution is 5.83. The van der Waals surface area contributed by atoms with Crippen LogP contribution < -0.4 is 5.32 Å². The Hall–Kier alpha value is -2.63. The summed E-state index contributed by atoms with van der Waals surface area (Å²) in [5.74, 6) is 1.88. The molecule has 4 rings (SSSR count). The molecule has 1 atom stereocenters. The van der Waals surface area contributed by atoms with Gasteiger partial charge >= 0.3 is 0 Å². The van der Waals surface area contributed by atoms with E-state index in [1.54, 1.807) is 0 Å². The highest BCUT2D eigenvalue weighted by atomic mass is 16.1. The van der Waals surface area contributed by atoms with E-state index < -0.39 is 0 Å². The Balaban J connectivity index is 1.33. The number of para-hydroxylation sites is 1. The lowest BCUT2D eigenvalue weighted by atomic mass is 10.1. The summed E-state index contributed by atoms with van der Waals surface area (Å²) in [6, 6.07) is 8.28. The van der Waals surface area contributed by atoms with Crippen molar-refractivity contribution in [3.8, 4) is 0 Å². The maximum absolute atomic E-state index is 12.4. The highest BCUT2D eigenvalue weighted by Gasteiger charge is 2.25. The van der Waals surface area contributed by atoms with Crippen LogP contribution in [0.15, 0.2) is 30.5 Å². The molecular weight excluding hydrogens is 326 g/mol. The van der Waals surface area contributed by atoms with Gasteiger partial charge in [-0.1, -0.05) is 25.1 Å². The molecule has 2 aromatic heterocycles. The number of hydrogen-bond donors (Lipinski definition) is 2. The molecule has 1 aliphatic rings. The smallest absolute Gasteiger partial charge is 0.220 e. The van der Waals surface area contributed by atoms with Crippen LogP contribution in [0.2, 0.25) is 0 Å². The highest BCUT2D eigenvalue weighted by Crippen LogP contribution is 2.24. The second-order valence-corrected chi connectivity index (χ2v) is 6.94. The largest absolute Gasteiger partial charge is 0.361 e. The molecule has 0 aliphatic carbocycles. The van der Waals surface area contributed by atoms with Crippen molar-refractivity contribution in [2.75, 3.05) is 0 Å². The van der Waals surface area contributed by atoms with Gasteiger partial charge in [-0.3, -0.25) is 4.79 Å². The lowest BCUT2D eigenvalue weighted by Crippen LogP contribution is -2.33. The molecule has 1 aliphatic heterocycles. The van der Waals surface area contributed by atoms with Gasteiger partial charge in [0.2, 0.25) is 5.91 Å². The molecule has 0 bridgehead atoms. The SMILES string of the molecule is CCc1nc2n(n1)CCCC2NC(=O)CCCc1c[nH]c2ccccc12. The third kappa shape index (κ3) is 3.36. The number of fused-ring (bicyclic) bond motifs is 2.